The van der Waals surface area contributed by atoms with Crippen molar-refractivity contribution in [1.82, 2.24) is 4.90 Å². The highest BCUT2D eigenvalue weighted by Gasteiger charge is 2.40. The van der Waals surface area contributed by atoms with Crippen molar-refractivity contribution >= 4 is 44.7 Å². The Bertz CT molecular complexity index is 1290. The van der Waals surface area contributed by atoms with Gasteiger partial charge in [-0.25, -0.2) is 23.4 Å². The second-order valence-corrected chi connectivity index (χ2v) is 8.99. The maximum absolute atomic E-state index is 14.4. The third-order valence-electron chi connectivity index (χ3n) is 5.09. The normalized spacial score (nSPS) is 16.9. The number of amides is 3. The number of hydrogen-bond donors (Lipinski definition) is 3. The molecule has 0 fully saturated rings. The van der Waals surface area contributed by atoms with Gasteiger partial charge in [-0.05, 0) is 34.4 Å². The van der Waals surface area contributed by atoms with Gasteiger partial charge in [0, 0.05) is 12.6 Å². The minimum atomic E-state index is -5.27. The first-order valence-electron chi connectivity index (χ1n) is 9.36. The monoisotopic (exact) mass is 521 g/mol. The number of nitrogens with one attached hydrogen (secondary N) is 3. The zero-order valence-corrected chi connectivity index (χ0v) is 18.6. The molecule has 1 aliphatic heterocycles. The molecule has 4 N–H and O–H groups in total. The molecule has 0 aliphatic carbocycles. The molecule has 3 aromatic rings. The molecular formula is C19H14F5N4O4S2+. The third-order valence-corrected chi connectivity index (χ3v) is 6.93. The largest absolute Gasteiger partial charge is 0.616 e. The van der Waals surface area contributed by atoms with Gasteiger partial charge in [0.1, 0.15) is 16.4 Å². The summed E-state index contributed by atoms with van der Waals surface area (Å²) < 4.78 is 66.9. The smallest absolute Gasteiger partial charge is 0.434 e. The van der Waals surface area contributed by atoms with Crippen LogP contribution in [0.2, 0.25) is 0 Å². The number of carbonyl (C=O) groups is 2. The average Bonchev–Trinajstić information content (AvgIpc) is 3.38. The Morgan fingerprint density at radius 1 is 1.29 bits per heavy atom. The molecule has 4 rings (SSSR count). The predicted molar refractivity (Wildman–Crippen MR) is 110 cm³/mol. The lowest BCUT2D eigenvalue weighted by Crippen LogP contribution is -3.06. The van der Waals surface area contributed by atoms with Crippen LogP contribution in [0.3, 0.4) is 0 Å². The maximum atomic E-state index is 14.4. The number of carbonyl (C=O) groups excluding carboxylic acids is 2. The van der Waals surface area contributed by atoms with Crippen LogP contribution in [0, 0.1) is 16.8 Å². The Hall–Kier alpha value is -2.98. The first-order valence-corrected chi connectivity index (χ1v) is 11.1. The lowest BCUT2D eigenvalue weighted by atomic mass is 10.1. The number of alkyl halides is 3. The number of aliphatic hydroxyl groups excluding tert-OH is 1. The first-order chi connectivity index (χ1) is 15.9. The number of hydrogen-bond acceptors (Lipinski definition) is 6. The summed E-state index contributed by atoms with van der Waals surface area (Å²) in [6, 6.07) is 0.705. The van der Waals surface area contributed by atoms with E-state index in [4.69, 9.17) is 0 Å². The van der Waals surface area contributed by atoms with Crippen LogP contribution in [-0.2, 0) is 17.4 Å². The van der Waals surface area contributed by atoms with Crippen LogP contribution in [0.1, 0.15) is 22.9 Å². The lowest BCUT2D eigenvalue weighted by molar-refractivity contribution is -0.735. The second kappa shape index (κ2) is 8.66. The summed E-state index contributed by atoms with van der Waals surface area (Å²) in [6.07, 6.45) is -7.01. The lowest BCUT2D eigenvalue weighted by Gasteiger charge is -2.29. The molecule has 15 heteroatoms. The zero-order valence-electron chi connectivity index (χ0n) is 16.9. The zero-order chi connectivity index (χ0) is 24.9. The number of H-pyrrole nitrogens is 1. The van der Waals surface area contributed by atoms with Crippen molar-refractivity contribution in [3.05, 3.63) is 56.4 Å². The molecule has 1 aromatic carbocycles. The van der Waals surface area contributed by atoms with Crippen LogP contribution in [0.15, 0.2) is 22.9 Å². The molecule has 2 aromatic heterocycles. The topological polar surface area (TPSA) is 111 Å². The molecule has 3 amide bonds. The van der Waals surface area contributed by atoms with E-state index in [0.717, 1.165) is 27.7 Å². The van der Waals surface area contributed by atoms with Crippen molar-refractivity contribution < 1.29 is 46.7 Å². The van der Waals surface area contributed by atoms with Gasteiger partial charge in [-0.1, -0.05) is 0 Å². The molecule has 34 heavy (non-hydrogen) atoms. The Balaban J connectivity index is 1.57. The summed E-state index contributed by atoms with van der Waals surface area (Å²) >= 11 is 1.74. The van der Waals surface area contributed by atoms with Crippen LogP contribution in [0.25, 0.3) is 11.3 Å². The summed E-state index contributed by atoms with van der Waals surface area (Å²) in [5.41, 5.74) is -2.33. The van der Waals surface area contributed by atoms with E-state index in [1.165, 1.54) is 12.4 Å². The van der Waals surface area contributed by atoms with E-state index in [2.05, 4.69) is 10.3 Å². The fourth-order valence-electron chi connectivity index (χ4n) is 3.35. The maximum Gasteiger partial charge on any atom is 0.434 e. The van der Waals surface area contributed by atoms with Crippen LogP contribution < -0.4 is 15.4 Å². The van der Waals surface area contributed by atoms with E-state index in [1.54, 1.807) is 0 Å². The minimum absolute atomic E-state index is 0.239. The number of benzene rings is 1. The van der Waals surface area contributed by atoms with Gasteiger partial charge < -0.3 is 10.3 Å². The molecule has 3 heterocycles. The van der Waals surface area contributed by atoms with Crippen LogP contribution in [0.4, 0.5) is 36.9 Å². The Morgan fingerprint density at radius 2 is 2.00 bits per heavy atom. The highest BCUT2D eigenvalue weighted by molar-refractivity contribution is 7.14. The van der Waals surface area contributed by atoms with Gasteiger partial charge in [-0.2, -0.15) is 13.2 Å². The number of hydroxylamine groups is 1. The van der Waals surface area contributed by atoms with E-state index in [9.17, 15) is 41.9 Å². The van der Waals surface area contributed by atoms with Crippen molar-refractivity contribution in [3.63, 3.8) is 0 Å². The number of quaternary nitrogens is 1. The fraction of sp³-hybridized carbons (Fsp3) is 0.211. The Morgan fingerprint density at radius 3 is 2.68 bits per heavy atom. The first kappa shape index (κ1) is 24.2. The quantitative estimate of drug-likeness (QED) is 0.362. The molecule has 8 nitrogen and oxygen atoms in total. The molecule has 0 bridgehead atoms. The number of aromatic nitrogens is 1. The highest BCUT2D eigenvalue weighted by atomic mass is 32.1. The Kier molecular flexibility index (Phi) is 6.15. The predicted octanol–water partition coefficient (Wildman–Crippen LogP) is 2.84. The summed E-state index contributed by atoms with van der Waals surface area (Å²) in [7, 11) is 1.35. The van der Waals surface area contributed by atoms with Gasteiger partial charge in [0.2, 0.25) is 5.69 Å². The molecular weight excluding hydrogens is 507 g/mol. The van der Waals surface area contributed by atoms with Crippen LogP contribution >= 0.6 is 22.7 Å². The molecule has 2 atom stereocenters. The van der Waals surface area contributed by atoms with Crippen molar-refractivity contribution in [2.75, 3.05) is 12.4 Å². The van der Waals surface area contributed by atoms with E-state index >= 15 is 0 Å². The van der Waals surface area contributed by atoms with E-state index in [1.807, 2.05) is 0 Å². The average molecular weight is 521 g/mol. The number of urea groups is 1. The van der Waals surface area contributed by atoms with E-state index in [-0.39, 0.29) is 16.4 Å². The number of rotatable bonds is 4. The molecule has 180 valence electrons. The summed E-state index contributed by atoms with van der Waals surface area (Å²) in [4.78, 5) is 27.8. The SMILES string of the molecule is CN1C(=O)Nc2scc(CC(=O)[NH+]([O-])c3[nH+]c(-c4ccc(F)c(C(F)(F)F)c4F)cs3)c2C1O. The van der Waals surface area contributed by atoms with Gasteiger partial charge in [0.25, 0.3) is 0 Å². The van der Waals surface area contributed by atoms with Crippen molar-refractivity contribution in [1.29, 1.82) is 0 Å². The fourth-order valence-corrected chi connectivity index (χ4v) is 5.14. The number of thiazole rings is 1. The minimum Gasteiger partial charge on any atom is -0.616 e. The van der Waals surface area contributed by atoms with Crippen LogP contribution in [-0.4, -0.2) is 29.0 Å². The summed E-state index contributed by atoms with van der Waals surface area (Å²) in [5.74, 6) is -4.54. The van der Waals surface area contributed by atoms with E-state index < -0.39 is 58.6 Å². The standard InChI is InChI=1S/C19H13F5N4O4S2/c1-27-16(30)12-7(5-33-15(12)26-17(27)31)4-11(29)28(32)18-25-10(6-34-18)8-2-3-9(20)13(14(8)21)19(22,23)24/h2-3,5-6,16,28,30H,4H2,1H3,(H,26,31)/p+1. The highest BCUT2D eigenvalue weighted by Crippen LogP contribution is 2.39. The number of halogens is 5. The molecule has 0 radical (unpaired) electrons. The molecule has 0 saturated carbocycles. The van der Waals surface area contributed by atoms with Gasteiger partial charge in [0.15, 0.2) is 12.0 Å². The number of thiophene rings is 1. The molecule has 0 saturated heterocycles. The number of nitrogens with zero attached hydrogens (tertiary/aromatic N) is 1. The number of aromatic amines is 1. The third kappa shape index (κ3) is 4.16. The van der Waals surface area contributed by atoms with Crippen molar-refractivity contribution in [2.45, 2.75) is 18.8 Å². The number of anilines is 1. The van der Waals surface area contributed by atoms with Crippen molar-refractivity contribution in [2.24, 2.45) is 0 Å². The molecule has 1 aliphatic rings. The second-order valence-electron chi connectivity index (χ2n) is 7.23. The number of fused-ring (bicyclic) bond motifs is 1. The van der Waals surface area contributed by atoms with E-state index in [0.29, 0.717) is 28.0 Å². The summed E-state index contributed by atoms with van der Waals surface area (Å²) in [5, 5.41) is 27.2. The molecule has 0 spiro atoms. The van der Waals surface area contributed by atoms with Gasteiger partial charge in [-0.15, -0.1) is 16.3 Å². The van der Waals surface area contributed by atoms with Gasteiger partial charge in [-0.3, -0.25) is 10.2 Å². The molecule has 2 unspecified atom stereocenters. The van der Waals surface area contributed by atoms with Gasteiger partial charge >= 0.3 is 23.2 Å². The van der Waals surface area contributed by atoms with Crippen LogP contribution in [0.5, 0.6) is 0 Å². The Labute approximate surface area is 195 Å². The number of aliphatic hydroxyl groups is 1. The van der Waals surface area contributed by atoms with Gasteiger partial charge in [0.05, 0.1) is 17.4 Å². The van der Waals surface area contributed by atoms with Crippen molar-refractivity contribution in [3.8, 4) is 11.3 Å². The summed E-state index contributed by atoms with van der Waals surface area (Å²) in [6.45, 7) is 0.